The Hall–Kier alpha value is -4.36. The van der Waals surface area contributed by atoms with Gasteiger partial charge in [0.05, 0.1) is 23.6 Å². The van der Waals surface area contributed by atoms with Crippen molar-refractivity contribution in [3.8, 4) is 11.5 Å². The smallest absolute Gasteiger partial charge is 0.343 e. The lowest BCUT2D eigenvalue weighted by Gasteiger charge is -2.08. The summed E-state index contributed by atoms with van der Waals surface area (Å²) < 4.78 is 12.5. The number of hydrazone groups is 2. The number of nitrogens with zero attached hydrogens (tertiary/aromatic N) is 2. The van der Waals surface area contributed by atoms with Gasteiger partial charge < -0.3 is 9.47 Å². The van der Waals surface area contributed by atoms with Gasteiger partial charge in [-0.3, -0.25) is 9.59 Å². The second-order valence-corrected chi connectivity index (χ2v) is 12.7. The van der Waals surface area contributed by atoms with E-state index in [1.165, 1.54) is 12.4 Å². The van der Waals surface area contributed by atoms with Crippen LogP contribution in [-0.2, 0) is 9.59 Å². The Balaban J connectivity index is 1.20. The molecule has 0 unspecified atom stereocenters. The molecule has 4 aromatic carbocycles. The average Bonchev–Trinajstić information content (AvgIpc) is 3.06. The maximum absolute atomic E-state index is 12.5. The van der Waals surface area contributed by atoms with E-state index in [1.807, 2.05) is 0 Å². The van der Waals surface area contributed by atoms with Crippen LogP contribution in [0.15, 0.2) is 104 Å². The summed E-state index contributed by atoms with van der Waals surface area (Å²) in [5.74, 6) is -1.35. The zero-order chi connectivity index (χ0) is 34.5. The number of carbonyl (C=O) groups is 4. The second-order valence-electron chi connectivity index (χ2n) is 9.95. The molecule has 0 aliphatic heterocycles. The Morgan fingerprint density at radius 1 is 0.604 bits per heavy atom. The lowest BCUT2D eigenvalue weighted by Crippen LogP contribution is -2.19. The van der Waals surface area contributed by atoms with Crippen molar-refractivity contribution in [1.29, 1.82) is 0 Å². The number of hydrogen-bond acceptors (Lipinski definition) is 8. The molecule has 0 fully saturated rings. The van der Waals surface area contributed by atoms with Crippen LogP contribution >= 0.6 is 55.1 Å². The Labute approximate surface area is 302 Å². The highest BCUT2D eigenvalue weighted by Gasteiger charge is 2.13. The molecule has 2 amide bonds. The van der Waals surface area contributed by atoms with E-state index < -0.39 is 11.9 Å². The Kier molecular flexibility index (Phi) is 13.9. The average molecular weight is 817 g/mol. The monoisotopic (exact) mass is 814 g/mol. The zero-order valence-electron chi connectivity index (χ0n) is 24.9. The number of esters is 2. The third-order valence-electron chi connectivity index (χ3n) is 6.35. The van der Waals surface area contributed by atoms with Crippen LogP contribution in [0.1, 0.15) is 57.5 Å². The van der Waals surface area contributed by atoms with Crippen LogP contribution in [0.5, 0.6) is 11.5 Å². The van der Waals surface area contributed by atoms with Crippen molar-refractivity contribution >= 4 is 91.2 Å². The van der Waals surface area contributed by atoms with Gasteiger partial charge >= 0.3 is 11.9 Å². The van der Waals surface area contributed by atoms with Crippen molar-refractivity contribution < 1.29 is 28.7 Å². The second kappa shape index (κ2) is 18.3. The number of benzene rings is 4. The van der Waals surface area contributed by atoms with Crippen molar-refractivity contribution in [2.45, 2.75) is 25.7 Å². The van der Waals surface area contributed by atoms with Gasteiger partial charge in [-0.05, 0) is 97.8 Å². The summed E-state index contributed by atoms with van der Waals surface area (Å²) in [6.45, 7) is 0. The highest BCUT2D eigenvalue weighted by Crippen LogP contribution is 2.24. The Morgan fingerprint density at radius 2 is 0.979 bits per heavy atom. The van der Waals surface area contributed by atoms with E-state index in [0.717, 1.165) is 8.95 Å². The van der Waals surface area contributed by atoms with E-state index in [1.54, 1.807) is 84.9 Å². The van der Waals surface area contributed by atoms with Crippen LogP contribution in [-0.4, -0.2) is 36.2 Å². The summed E-state index contributed by atoms with van der Waals surface area (Å²) in [7, 11) is 0. The summed E-state index contributed by atoms with van der Waals surface area (Å²) in [4.78, 5) is 49.6. The van der Waals surface area contributed by atoms with Crippen molar-refractivity contribution in [2.24, 2.45) is 10.2 Å². The lowest BCUT2D eigenvalue weighted by molar-refractivity contribution is -0.123. The number of nitrogens with one attached hydrogen (secondary N) is 2. The quantitative estimate of drug-likeness (QED) is 0.0460. The van der Waals surface area contributed by atoms with Gasteiger partial charge in [-0.2, -0.15) is 10.2 Å². The van der Waals surface area contributed by atoms with Crippen molar-refractivity contribution in [2.75, 3.05) is 0 Å². The SMILES string of the molecule is O=C(CCCCC(=O)NN=Cc1cc(Br)ccc1OC(=O)c1ccc(Cl)cc1)NN=Cc1cc(Br)ccc1OC(=O)c1ccc(Cl)cc1. The minimum atomic E-state index is -0.573. The molecule has 0 radical (unpaired) electrons. The normalized spacial score (nSPS) is 11.0. The maximum atomic E-state index is 12.5. The van der Waals surface area contributed by atoms with E-state index in [4.69, 9.17) is 32.7 Å². The first-order chi connectivity index (χ1) is 23.1. The third-order valence-corrected chi connectivity index (χ3v) is 7.84. The predicted molar refractivity (Wildman–Crippen MR) is 191 cm³/mol. The van der Waals surface area contributed by atoms with Crippen LogP contribution in [0, 0.1) is 0 Å². The predicted octanol–water partition coefficient (Wildman–Crippen LogP) is 8.12. The van der Waals surface area contributed by atoms with E-state index in [-0.39, 0.29) is 36.2 Å². The highest BCUT2D eigenvalue weighted by atomic mass is 79.9. The van der Waals surface area contributed by atoms with E-state index in [9.17, 15) is 19.2 Å². The molecular weight excluding hydrogens is 791 g/mol. The number of halogens is 4. The zero-order valence-corrected chi connectivity index (χ0v) is 29.6. The molecule has 10 nitrogen and oxygen atoms in total. The molecule has 0 aliphatic carbocycles. The van der Waals surface area contributed by atoms with Crippen LogP contribution in [0.4, 0.5) is 0 Å². The van der Waals surface area contributed by atoms with Gasteiger partial charge in [-0.25, -0.2) is 20.4 Å². The van der Waals surface area contributed by atoms with Gasteiger partial charge in [0.2, 0.25) is 11.8 Å². The topological polar surface area (TPSA) is 136 Å². The van der Waals surface area contributed by atoms with Crippen LogP contribution < -0.4 is 20.3 Å². The minimum Gasteiger partial charge on any atom is -0.422 e. The molecule has 0 aromatic heterocycles. The van der Waals surface area contributed by atoms with Gasteiger partial charge in [0.25, 0.3) is 0 Å². The molecule has 0 bridgehead atoms. The highest BCUT2D eigenvalue weighted by molar-refractivity contribution is 9.10. The van der Waals surface area contributed by atoms with Gasteiger partial charge in [-0.15, -0.1) is 0 Å². The summed E-state index contributed by atoms with van der Waals surface area (Å²) >= 11 is 18.5. The molecule has 0 aliphatic rings. The largest absolute Gasteiger partial charge is 0.422 e. The van der Waals surface area contributed by atoms with Crippen molar-refractivity contribution in [3.63, 3.8) is 0 Å². The van der Waals surface area contributed by atoms with Crippen LogP contribution in [0.25, 0.3) is 0 Å². The third kappa shape index (κ3) is 11.7. The molecule has 0 saturated heterocycles. The van der Waals surface area contributed by atoms with Gasteiger partial charge in [0.1, 0.15) is 11.5 Å². The molecular formula is C34H26Br2Cl2N4O6. The molecule has 0 saturated carbocycles. The first-order valence-corrected chi connectivity index (χ1v) is 16.6. The van der Waals surface area contributed by atoms with E-state index in [2.05, 4.69) is 52.9 Å². The molecule has 14 heteroatoms. The fourth-order valence-electron chi connectivity index (χ4n) is 3.95. The molecule has 48 heavy (non-hydrogen) atoms. The molecule has 2 N–H and O–H groups in total. The standard InChI is InChI=1S/C34H26Br2Cl2N4O6/c35-25-9-15-29(47-33(45)21-5-11-27(37)12-6-21)23(17-25)19-39-41-31(43)3-1-2-4-32(44)42-40-20-24-18-26(36)10-16-30(24)48-34(46)22-7-13-28(38)14-8-22/h5-20H,1-4H2,(H,41,43)(H,42,44). The summed E-state index contributed by atoms with van der Waals surface area (Å²) in [5, 5.41) is 8.95. The van der Waals surface area contributed by atoms with Crippen LogP contribution in [0.2, 0.25) is 10.0 Å². The summed E-state index contributed by atoms with van der Waals surface area (Å²) in [6.07, 6.45) is 3.85. The number of amides is 2. The molecule has 4 aromatic rings. The minimum absolute atomic E-state index is 0.130. The number of ether oxygens (including phenoxy) is 2. The lowest BCUT2D eigenvalue weighted by atomic mass is 10.2. The Morgan fingerprint density at radius 3 is 1.35 bits per heavy atom. The molecule has 246 valence electrons. The first-order valence-electron chi connectivity index (χ1n) is 14.3. The first kappa shape index (κ1) is 36.5. The number of rotatable bonds is 13. The van der Waals surface area contributed by atoms with Gasteiger partial charge in [-0.1, -0.05) is 55.1 Å². The number of carbonyl (C=O) groups excluding carboxylic acids is 4. The molecule has 4 rings (SSSR count). The summed E-state index contributed by atoms with van der Waals surface area (Å²) in [6, 6.07) is 22.6. The fourth-order valence-corrected chi connectivity index (χ4v) is 4.96. The molecule has 0 atom stereocenters. The van der Waals surface area contributed by atoms with E-state index in [0.29, 0.717) is 45.1 Å². The van der Waals surface area contributed by atoms with E-state index >= 15 is 0 Å². The van der Waals surface area contributed by atoms with Crippen LogP contribution in [0.3, 0.4) is 0 Å². The maximum Gasteiger partial charge on any atom is 0.343 e. The Bertz CT molecular complexity index is 1720. The van der Waals surface area contributed by atoms with Gasteiger partial charge in [0.15, 0.2) is 0 Å². The number of hydrogen-bond donors (Lipinski definition) is 2. The number of unbranched alkanes of at least 4 members (excludes halogenated alkanes) is 1. The van der Waals surface area contributed by atoms with Gasteiger partial charge in [0, 0.05) is 43.0 Å². The molecule has 0 heterocycles. The molecule has 0 spiro atoms. The fraction of sp³-hybridized carbons (Fsp3) is 0.118. The van der Waals surface area contributed by atoms with Crippen molar-refractivity contribution in [1.82, 2.24) is 10.9 Å². The summed E-state index contributed by atoms with van der Waals surface area (Å²) in [5.41, 5.74) is 6.44. The van der Waals surface area contributed by atoms with Crippen molar-refractivity contribution in [3.05, 3.63) is 126 Å².